The number of hydrogen-bond donors (Lipinski definition) is 2. The molecule has 0 amide bonds. The first-order valence-corrected chi connectivity index (χ1v) is 7.78. The third kappa shape index (κ3) is 2.97. The van der Waals surface area contributed by atoms with E-state index < -0.39 is 14.9 Å². The largest absolute Gasteiger partial charge is 0.315 e. The molecule has 1 aliphatic heterocycles. The van der Waals surface area contributed by atoms with Crippen molar-refractivity contribution in [3.8, 4) is 0 Å². The van der Waals surface area contributed by atoms with Crippen molar-refractivity contribution in [2.75, 3.05) is 13.1 Å². The fourth-order valence-corrected chi connectivity index (χ4v) is 3.84. The maximum absolute atomic E-state index is 12.4. The molecule has 8 heteroatoms. The van der Waals surface area contributed by atoms with E-state index >= 15 is 0 Å². The highest BCUT2D eigenvalue weighted by molar-refractivity contribution is 7.89. The van der Waals surface area contributed by atoms with Crippen LogP contribution in [0.5, 0.6) is 0 Å². The van der Waals surface area contributed by atoms with Gasteiger partial charge in [0.2, 0.25) is 10.0 Å². The van der Waals surface area contributed by atoms with Gasteiger partial charge in [-0.1, -0.05) is 0 Å². The lowest BCUT2D eigenvalue weighted by molar-refractivity contribution is -0.385. The Morgan fingerprint density at radius 1 is 1.40 bits per heavy atom. The minimum absolute atomic E-state index is 0.0175. The second-order valence-corrected chi connectivity index (χ2v) is 6.64. The predicted octanol–water partition coefficient (Wildman–Crippen LogP) is 0.852. The molecule has 0 radical (unpaired) electrons. The van der Waals surface area contributed by atoms with Gasteiger partial charge in [0.15, 0.2) is 0 Å². The van der Waals surface area contributed by atoms with E-state index in [1.54, 1.807) is 13.8 Å². The van der Waals surface area contributed by atoms with Crippen molar-refractivity contribution < 1.29 is 13.3 Å². The van der Waals surface area contributed by atoms with Gasteiger partial charge in [0.25, 0.3) is 5.69 Å². The zero-order chi connectivity index (χ0) is 14.9. The van der Waals surface area contributed by atoms with Crippen molar-refractivity contribution in [2.45, 2.75) is 31.2 Å². The number of sulfonamides is 1. The van der Waals surface area contributed by atoms with Crippen LogP contribution in [0.15, 0.2) is 17.0 Å². The van der Waals surface area contributed by atoms with E-state index in [4.69, 9.17) is 0 Å². The van der Waals surface area contributed by atoms with Gasteiger partial charge in [-0.2, -0.15) is 0 Å². The van der Waals surface area contributed by atoms with Crippen molar-refractivity contribution in [1.29, 1.82) is 0 Å². The number of nitro groups is 1. The van der Waals surface area contributed by atoms with Gasteiger partial charge in [0.1, 0.15) is 0 Å². The highest BCUT2D eigenvalue weighted by Gasteiger charge is 2.26. The Hall–Kier alpha value is -1.51. The van der Waals surface area contributed by atoms with Crippen LogP contribution in [-0.4, -0.2) is 32.5 Å². The lowest BCUT2D eigenvalue weighted by atomic mass is 10.1. The fourth-order valence-electron chi connectivity index (χ4n) is 2.23. The molecule has 1 unspecified atom stereocenters. The van der Waals surface area contributed by atoms with Gasteiger partial charge in [-0.3, -0.25) is 10.1 Å². The van der Waals surface area contributed by atoms with Crippen LogP contribution in [0, 0.1) is 24.0 Å². The van der Waals surface area contributed by atoms with Crippen LogP contribution in [-0.2, 0) is 10.0 Å². The van der Waals surface area contributed by atoms with Crippen LogP contribution in [0.3, 0.4) is 0 Å². The summed E-state index contributed by atoms with van der Waals surface area (Å²) in [5.74, 6) is 0. The molecule has 0 aromatic heterocycles. The monoisotopic (exact) mass is 299 g/mol. The van der Waals surface area contributed by atoms with Crippen molar-refractivity contribution >= 4 is 15.7 Å². The lowest BCUT2D eigenvalue weighted by Gasteiger charge is -2.14. The van der Waals surface area contributed by atoms with Crippen molar-refractivity contribution in [3.05, 3.63) is 33.4 Å². The van der Waals surface area contributed by atoms with Crippen molar-refractivity contribution in [3.63, 3.8) is 0 Å². The molecular formula is C12H17N3O4S. The molecule has 7 nitrogen and oxygen atoms in total. The van der Waals surface area contributed by atoms with Crippen LogP contribution >= 0.6 is 0 Å². The molecule has 0 aliphatic carbocycles. The summed E-state index contributed by atoms with van der Waals surface area (Å²) in [5.41, 5.74) is 0.913. The van der Waals surface area contributed by atoms with Crippen LogP contribution in [0.1, 0.15) is 17.5 Å². The second-order valence-electron chi connectivity index (χ2n) is 4.95. The van der Waals surface area contributed by atoms with Crippen LogP contribution in [0.2, 0.25) is 0 Å². The molecule has 0 bridgehead atoms. The number of aryl methyl sites for hydroxylation is 1. The fraction of sp³-hybridized carbons (Fsp3) is 0.500. The highest BCUT2D eigenvalue weighted by Crippen LogP contribution is 2.25. The van der Waals surface area contributed by atoms with Crippen molar-refractivity contribution in [2.24, 2.45) is 0 Å². The summed E-state index contributed by atoms with van der Waals surface area (Å²) in [7, 11) is -3.75. The molecule has 20 heavy (non-hydrogen) atoms. The Labute approximate surface area is 117 Å². The number of rotatable bonds is 4. The number of non-ortho nitro benzene ring substituents is 1. The predicted molar refractivity (Wildman–Crippen MR) is 74.2 cm³/mol. The topological polar surface area (TPSA) is 101 Å². The molecule has 1 atom stereocenters. The molecule has 1 saturated heterocycles. The molecule has 1 aromatic carbocycles. The lowest BCUT2D eigenvalue weighted by Crippen LogP contribution is -2.36. The van der Waals surface area contributed by atoms with Crippen LogP contribution in [0.4, 0.5) is 5.69 Å². The summed E-state index contributed by atoms with van der Waals surface area (Å²) < 4.78 is 27.3. The van der Waals surface area contributed by atoms with E-state index in [0.717, 1.165) is 12.6 Å². The quantitative estimate of drug-likeness (QED) is 0.634. The van der Waals surface area contributed by atoms with Crippen molar-refractivity contribution in [1.82, 2.24) is 10.0 Å². The second kappa shape index (κ2) is 5.47. The first-order chi connectivity index (χ1) is 9.31. The van der Waals surface area contributed by atoms with E-state index in [0.29, 0.717) is 24.1 Å². The molecule has 110 valence electrons. The molecule has 1 aromatic rings. The van der Waals surface area contributed by atoms with Gasteiger partial charge in [-0.15, -0.1) is 0 Å². The van der Waals surface area contributed by atoms with E-state index in [9.17, 15) is 18.5 Å². The number of benzene rings is 1. The zero-order valence-corrected chi connectivity index (χ0v) is 12.2. The number of hydrogen-bond acceptors (Lipinski definition) is 5. The third-order valence-corrected chi connectivity index (χ3v) is 5.13. The van der Waals surface area contributed by atoms with Crippen LogP contribution < -0.4 is 10.0 Å². The Kier molecular flexibility index (Phi) is 4.07. The van der Waals surface area contributed by atoms with E-state index in [2.05, 4.69) is 10.0 Å². The average molecular weight is 299 g/mol. The molecule has 1 aliphatic rings. The normalized spacial score (nSPS) is 19.2. The number of nitrogens with one attached hydrogen (secondary N) is 2. The Balaban J connectivity index is 2.41. The van der Waals surface area contributed by atoms with Gasteiger partial charge >= 0.3 is 0 Å². The van der Waals surface area contributed by atoms with E-state index in [1.807, 2.05) is 0 Å². The van der Waals surface area contributed by atoms with Gasteiger partial charge in [0.05, 0.1) is 9.82 Å². The number of nitrogens with zero attached hydrogens (tertiary/aromatic N) is 1. The summed E-state index contributed by atoms with van der Waals surface area (Å²) in [6, 6.07) is 2.33. The minimum atomic E-state index is -3.75. The molecule has 2 N–H and O–H groups in total. The molecule has 0 spiro atoms. The van der Waals surface area contributed by atoms with Gasteiger partial charge < -0.3 is 5.32 Å². The van der Waals surface area contributed by atoms with Gasteiger partial charge in [0, 0.05) is 24.7 Å². The standard InChI is InChI=1S/C12H17N3O4S/c1-8-5-11(15(16)17)6-12(9(8)2)20(18,19)14-10-3-4-13-7-10/h5-6,10,13-14H,3-4,7H2,1-2H3. The third-order valence-electron chi connectivity index (χ3n) is 3.49. The Morgan fingerprint density at radius 3 is 2.65 bits per heavy atom. The maximum atomic E-state index is 12.4. The SMILES string of the molecule is Cc1cc([N+](=O)[O-])cc(S(=O)(=O)NC2CCNC2)c1C. The molecule has 1 heterocycles. The first-order valence-electron chi connectivity index (χ1n) is 6.30. The van der Waals surface area contributed by atoms with E-state index in [-0.39, 0.29) is 16.6 Å². The highest BCUT2D eigenvalue weighted by atomic mass is 32.2. The zero-order valence-electron chi connectivity index (χ0n) is 11.3. The molecule has 2 rings (SSSR count). The molecule has 0 saturated carbocycles. The maximum Gasteiger partial charge on any atom is 0.271 e. The molecular weight excluding hydrogens is 282 g/mol. The first kappa shape index (κ1) is 14.9. The van der Waals surface area contributed by atoms with Crippen LogP contribution in [0.25, 0.3) is 0 Å². The molecule has 1 fully saturated rings. The van der Waals surface area contributed by atoms with Gasteiger partial charge in [-0.05, 0) is 37.9 Å². The minimum Gasteiger partial charge on any atom is -0.315 e. The van der Waals surface area contributed by atoms with E-state index in [1.165, 1.54) is 6.07 Å². The Bertz CT molecular complexity index is 636. The summed E-state index contributed by atoms with van der Waals surface area (Å²) in [5, 5.41) is 13.9. The number of nitro benzene ring substituents is 1. The smallest absolute Gasteiger partial charge is 0.271 e. The average Bonchev–Trinajstić information content (AvgIpc) is 2.83. The summed E-state index contributed by atoms with van der Waals surface area (Å²) in [6.45, 7) is 4.66. The summed E-state index contributed by atoms with van der Waals surface area (Å²) in [6.07, 6.45) is 0.714. The summed E-state index contributed by atoms with van der Waals surface area (Å²) in [4.78, 5) is 10.3. The van der Waals surface area contributed by atoms with Gasteiger partial charge in [-0.25, -0.2) is 13.1 Å². The summed E-state index contributed by atoms with van der Waals surface area (Å²) >= 11 is 0. The Morgan fingerprint density at radius 2 is 2.10 bits per heavy atom.